The predicted octanol–water partition coefficient (Wildman–Crippen LogP) is 2.69. The normalized spacial score (nSPS) is 14.2. The van der Waals surface area contributed by atoms with E-state index in [-0.39, 0.29) is 11.4 Å². The summed E-state index contributed by atoms with van der Waals surface area (Å²) in [6, 6.07) is 13.3. The van der Waals surface area contributed by atoms with Crippen molar-refractivity contribution >= 4 is 11.4 Å². The third-order valence-electron chi connectivity index (χ3n) is 3.67. The van der Waals surface area contributed by atoms with Gasteiger partial charge in [0.15, 0.2) is 0 Å². The van der Waals surface area contributed by atoms with Gasteiger partial charge in [-0.25, -0.2) is 0 Å². The number of benzene rings is 2. The molecule has 0 amide bonds. The van der Waals surface area contributed by atoms with Crippen molar-refractivity contribution in [2.24, 2.45) is 0 Å². The van der Waals surface area contributed by atoms with Gasteiger partial charge in [-0.2, -0.15) is 0 Å². The molecule has 2 aromatic carbocycles. The average molecular weight is 269 g/mol. The van der Waals surface area contributed by atoms with Crippen LogP contribution in [0.4, 0.5) is 11.4 Å². The summed E-state index contributed by atoms with van der Waals surface area (Å²) in [7, 11) is 0. The molecule has 3 rings (SSSR count). The summed E-state index contributed by atoms with van der Waals surface area (Å²) >= 11 is 0. The number of nitrogens with zero attached hydrogens (tertiary/aromatic N) is 2. The Kier molecular flexibility index (Phi) is 3.12. The van der Waals surface area contributed by atoms with Gasteiger partial charge >= 0.3 is 0 Å². The second-order valence-corrected chi connectivity index (χ2v) is 5.02. The molecule has 1 aliphatic rings. The van der Waals surface area contributed by atoms with E-state index in [4.69, 9.17) is 5.73 Å². The fourth-order valence-corrected chi connectivity index (χ4v) is 2.65. The van der Waals surface area contributed by atoms with Crippen molar-refractivity contribution in [3.8, 4) is 0 Å². The van der Waals surface area contributed by atoms with Crippen molar-refractivity contribution in [1.82, 2.24) is 4.90 Å². The molecule has 0 saturated heterocycles. The minimum Gasteiger partial charge on any atom is -0.393 e. The van der Waals surface area contributed by atoms with E-state index < -0.39 is 4.92 Å². The molecule has 20 heavy (non-hydrogen) atoms. The van der Waals surface area contributed by atoms with Crippen molar-refractivity contribution in [3.63, 3.8) is 0 Å². The van der Waals surface area contributed by atoms with Crippen LogP contribution in [0.25, 0.3) is 0 Å². The summed E-state index contributed by atoms with van der Waals surface area (Å²) in [4.78, 5) is 12.7. The molecule has 0 unspecified atom stereocenters. The van der Waals surface area contributed by atoms with Crippen molar-refractivity contribution in [3.05, 3.63) is 69.3 Å². The first-order valence-corrected chi connectivity index (χ1v) is 6.46. The van der Waals surface area contributed by atoms with Gasteiger partial charge in [0.1, 0.15) is 5.69 Å². The van der Waals surface area contributed by atoms with E-state index in [2.05, 4.69) is 17.0 Å². The number of para-hydroxylation sites is 1. The molecule has 0 bridgehead atoms. The second-order valence-electron chi connectivity index (χ2n) is 5.02. The van der Waals surface area contributed by atoms with E-state index in [9.17, 15) is 10.1 Å². The number of nitrogen functional groups attached to an aromatic ring is 1. The monoisotopic (exact) mass is 269 g/mol. The zero-order valence-corrected chi connectivity index (χ0v) is 11.0. The first-order chi connectivity index (χ1) is 9.65. The van der Waals surface area contributed by atoms with Crippen LogP contribution < -0.4 is 5.73 Å². The molecular formula is C15H15N3O2. The number of fused-ring (bicyclic) bond motifs is 1. The van der Waals surface area contributed by atoms with Crippen LogP contribution in [0, 0.1) is 10.1 Å². The lowest BCUT2D eigenvalue weighted by atomic mass is 10.1. The second kappa shape index (κ2) is 4.94. The average Bonchev–Trinajstić information content (AvgIpc) is 2.83. The Bertz CT molecular complexity index is 645. The van der Waals surface area contributed by atoms with Gasteiger partial charge in [-0.3, -0.25) is 15.0 Å². The number of nitro benzene ring substituents is 1. The summed E-state index contributed by atoms with van der Waals surface area (Å²) in [5.74, 6) is 0. The van der Waals surface area contributed by atoms with Crippen molar-refractivity contribution < 1.29 is 4.92 Å². The minimum absolute atomic E-state index is 0.0146. The third-order valence-corrected chi connectivity index (χ3v) is 3.67. The molecule has 2 aromatic rings. The van der Waals surface area contributed by atoms with Crippen molar-refractivity contribution in [1.29, 1.82) is 0 Å². The molecule has 0 atom stereocenters. The molecule has 0 spiro atoms. The SMILES string of the molecule is Nc1c(CN2Cc3ccccc3C2)cccc1[N+](=O)[O-]. The van der Waals surface area contributed by atoms with Crippen molar-refractivity contribution in [2.45, 2.75) is 19.6 Å². The summed E-state index contributed by atoms with van der Waals surface area (Å²) in [6.45, 7) is 2.35. The van der Waals surface area contributed by atoms with E-state index in [0.29, 0.717) is 6.54 Å². The third kappa shape index (κ3) is 2.23. The lowest BCUT2D eigenvalue weighted by molar-refractivity contribution is -0.384. The highest BCUT2D eigenvalue weighted by atomic mass is 16.6. The van der Waals surface area contributed by atoms with E-state index in [1.165, 1.54) is 17.2 Å². The van der Waals surface area contributed by atoms with Crippen LogP contribution in [-0.2, 0) is 19.6 Å². The molecule has 0 radical (unpaired) electrons. The smallest absolute Gasteiger partial charge is 0.292 e. The summed E-state index contributed by atoms with van der Waals surface area (Å²) in [6.07, 6.45) is 0. The maximum Gasteiger partial charge on any atom is 0.292 e. The van der Waals surface area contributed by atoms with Gasteiger partial charge in [0.25, 0.3) is 5.69 Å². The van der Waals surface area contributed by atoms with Gasteiger partial charge in [-0.15, -0.1) is 0 Å². The van der Waals surface area contributed by atoms with Crippen LogP contribution in [0.15, 0.2) is 42.5 Å². The fourth-order valence-electron chi connectivity index (χ4n) is 2.65. The quantitative estimate of drug-likeness (QED) is 0.528. The lowest BCUT2D eigenvalue weighted by Crippen LogP contribution is -2.17. The number of nitro groups is 1. The maximum atomic E-state index is 10.9. The fraction of sp³-hybridized carbons (Fsp3) is 0.200. The van der Waals surface area contributed by atoms with Gasteiger partial charge in [-0.05, 0) is 16.7 Å². The number of hydrogen-bond acceptors (Lipinski definition) is 4. The van der Waals surface area contributed by atoms with Crippen LogP contribution in [-0.4, -0.2) is 9.82 Å². The van der Waals surface area contributed by atoms with Gasteiger partial charge in [-0.1, -0.05) is 36.4 Å². The van der Waals surface area contributed by atoms with Crippen LogP contribution in [0.5, 0.6) is 0 Å². The molecule has 0 aromatic heterocycles. The largest absolute Gasteiger partial charge is 0.393 e. The van der Waals surface area contributed by atoms with E-state index in [1.807, 2.05) is 18.2 Å². The van der Waals surface area contributed by atoms with Crippen LogP contribution in [0.3, 0.4) is 0 Å². The first kappa shape index (κ1) is 12.6. The molecular weight excluding hydrogens is 254 g/mol. The molecule has 0 saturated carbocycles. The van der Waals surface area contributed by atoms with E-state index in [1.54, 1.807) is 6.07 Å². The van der Waals surface area contributed by atoms with Crippen LogP contribution >= 0.6 is 0 Å². The molecule has 0 aliphatic carbocycles. The zero-order chi connectivity index (χ0) is 14.1. The standard InChI is InChI=1S/C15H15N3O2/c16-15-13(6-3-7-14(15)18(19)20)10-17-8-11-4-1-2-5-12(11)9-17/h1-7H,8-10,16H2. The Morgan fingerprint density at radius 2 is 1.75 bits per heavy atom. The highest BCUT2D eigenvalue weighted by Crippen LogP contribution is 2.29. The van der Waals surface area contributed by atoms with Crippen LogP contribution in [0.1, 0.15) is 16.7 Å². The Hall–Kier alpha value is -2.40. The molecule has 5 nitrogen and oxygen atoms in total. The number of nitrogens with two attached hydrogens (primary N) is 1. The number of anilines is 1. The van der Waals surface area contributed by atoms with Crippen LogP contribution in [0.2, 0.25) is 0 Å². The van der Waals surface area contributed by atoms with Gasteiger partial charge in [0.05, 0.1) is 4.92 Å². The van der Waals surface area contributed by atoms with E-state index >= 15 is 0 Å². The molecule has 1 aliphatic heterocycles. The van der Waals surface area contributed by atoms with E-state index in [0.717, 1.165) is 18.7 Å². The highest BCUT2D eigenvalue weighted by Gasteiger charge is 2.21. The minimum atomic E-state index is -0.433. The summed E-state index contributed by atoms with van der Waals surface area (Å²) < 4.78 is 0. The molecule has 1 heterocycles. The maximum absolute atomic E-state index is 10.9. The Labute approximate surface area is 116 Å². The highest BCUT2D eigenvalue weighted by molar-refractivity contribution is 5.63. The summed E-state index contributed by atoms with van der Waals surface area (Å²) in [5, 5.41) is 10.9. The number of hydrogen-bond donors (Lipinski definition) is 1. The molecule has 0 fully saturated rings. The molecule has 5 heteroatoms. The van der Waals surface area contributed by atoms with Gasteiger partial charge < -0.3 is 5.73 Å². The van der Waals surface area contributed by atoms with Crippen molar-refractivity contribution in [2.75, 3.05) is 5.73 Å². The molecule has 102 valence electrons. The molecule has 2 N–H and O–H groups in total. The Morgan fingerprint density at radius 1 is 1.10 bits per heavy atom. The predicted molar refractivity (Wildman–Crippen MR) is 76.9 cm³/mol. The Morgan fingerprint density at radius 3 is 2.35 bits per heavy atom. The zero-order valence-electron chi connectivity index (χ0n) is 11.0. The Balaban J connectivity index is 1.81. The first-order valence-electron chi connectivity index (χ1n) is 6.46. The number of rotatable bonds is 3. The topological polar surface area (TPSA) is 72.4 Å². The van der Waals surface area contributed by atoms with Gasteiger partial charge in [0.2, 0.25) is 0 Å². The lowest BCUT2D eigenvalue weighted by Gasteiger charge is -2.16. The summed E-state index contributed by atoms with van der Waals surface area (Å²) in [5.41, 5.74) is 9.60. The van der Waals surface area contributed by atoms with Gasteiger partial charge in [0, 0.05) is 25.7 Å².